The zero-order valence-corrected chi connectivity index (χ0v) is 33.4. The SMILES string of the molecule is NC(=O)[C@H](Cc1c[nH]c2ccccc12)NC(=O)[C@H](CCCN=C(N)N)NC(=O)[C@H](Cc1ccccc1)NC(=O)[C@H](Cc1ccc(Cl)cc1)NC(=O)c1c(F)c(F)c(F)c(F)c1F. The van der Waals surface area contributed by atoms with Gasteiger partial charge in [0.05, 0.1) is 0 Å². The highest BCUT2D eigenvalue weighted by molar-refractivity contribution is 6.30. The monoisotopic (exact) mass is 881 g/mol. The second kappa shape index (κ2) is 21.0. The topological polar surface area (TPSA) is 240 Å². The molecule has 5 rings (SSSR count). The van der Waals surface area contributed by atoms with Gasteiger partial charge in [-0.25, -0.2) is 22.0 Å². The van der Waals surface area contributed by atoms with Crippen LogP contribution in [-0.4, -0.2) is 71.2 Å². The van der Waals surface area contributed by atoms with Crippen molar-refractivity contribution in [2.45, 2.75) is 56.3 Å². The number of carbonyl (C=O) groups is 5. The van der Waals surface area contributed by atoms with Crippen LogP contribution in [0.25, 0.3) is 10.9 Å². The number of rotatable bonds is 19. The lowest BCUT2D eigenvalue weighted by Crippen LogP contribution is -2.59. The Morgan fingerprint density at radius 3 is 1.74 bits per heavy atom. The molecule has 0 unspecified atom stereocenters. The van der Waals surface area contributed by atoms with Crippen LogP contribution in [-0.2, 0) is 38.4 Å². The van der Waals surface area contributed by atoms with Gasteiger partial charge in [0.25, 0.3) is 5.91 Å². The van der Waals surface area contributed by atoms with E-state index in [1.54, 1.807) is 42.6 Å². The molecule has 0 bridgehead atoms. The Morgan fingerprint density at radius 2 is 1.13 bits per heavy atom. The van der Waals surface area contributed by atoms with Gasteiger partial charge in [-0.3, -0.25) is 29.0 Å². The van der Waals surface area contributed by atoms with E-state index in [1.807, 2.05) is 23.5 Å². The minimum Gasteiger partial charge on any atom is -0.370 e. The summed E-state index contributed by atoms with van der Waals surface area (Å²) in [5, 5.41) is 10.8. The zero-order valence-electron chi connectivity index (χ0n) is 32.6. The fraction of sp³-hybridized carbons (Fsp3) is 0.238. The molecule has 0 aliphatic heterocycles. The van der Waals surface area contributed by atoms with Gasteiger partial charge in [-0.1, -0.05) is 72.3 Å². The summed E-state index contributed by atoms with van der Waals surface area (Å²) in [4.78, 5) is 75.1. The van der Waals surface area contributed by atoms with E-state index >= 15 is 0 Å². The van der Waals surface area contributed by atoms with Crippen LogP contribution in [0.4, 0.5) is 22.0 Å². The summed E-state index contributed by atoms with van der Waals surface area (Å²) in [6, 6.07) is 15.3. The average Bonchev–Trinajstić information content (AvgIpc) is 3.65. The number of aliphatic imine (C=N–C) groups is 1. The molecule has 0 saturated heterocycles. The van der Waals surface area contributed by atoms with Crippen LogP contribution in [0.3, 0.4) is 0 Å². The lowest BCUT2D eigenvalue weighted by Gasteiger charge is -2.26. The first kappa shape index (κ1) is 46.1. The van der Waals surface area contributed by atoms with Crippen molar-refractivity contribution in [1.82, 2.24) is 26.3 Å². The van der Waals surface area contributed by atoms with Gasteiger partial charge in [-0.05, 0) is 47.7 Å². The molecule has 4 aromatic carbocycles. The molecule has 1 aromatic heterocycles. The quantitative estimate of drug-likeness (QED) is 0.0154. The lowest BCUT2D eigenvalue weighted by molar-refractivity contribution is -0.133. The average molecular weight is 882 g/mol. The molecule has 62 heavy (non-hydrogen) atoms. The number of nitrogens with zero attached hydrogens (tertiary/aromatic N) is 1. The lowest BCUT2D eigenvalue weighted by atomic mass is 10.0. The Morgan fingerprint density at radius 1 is 0.613 bits per heavy atom. The van der Waals surface area contributed by atoms with E-state index < -0.39 is 94.8 Å². The predicted molar refractivity (Wildman–Crippen MR) is 220 cm³/mol. The molecule has 5 aromatic rings. The van der Waals surface area contributed by atoms with Crippen molar-refractivity contribution in [3.05, 3.63) is 141 Å². The van der Waals surface area contributed by atoms with Crippen LogP contribution in [0.15, 0.2) is 90.1 Å². The molecule has 20 heteroatoms. The summed E-state index contributed by atoms with van der Waals surface area (Å²) in [5.74, 6) is -18.0. The highest BCUT2D eigenvalue weighted by atomic mass is 35.5. The molecule has 11 N–H and O–H groups in total. The number of amides is 5. The van der Waals surface area contributed by atoms with Gasteiger partial charge in [-0.15, -0.1) is 0 Å². The van der Waals surface area contributed by atoms with Crippen molar-refractivity contribution in [3.63, 3.8) is 0 Å². The van der Waals surface area contributed by atoms with E-state index in [9.17, 15) is 45.9 Å². The molecule has 4 atom stereocenters. The van der Waals surface area contributed by atoms with Crippen molar-refractivity contribution in [2.24, 2.45) is 22.2 Å². The number of carbonyl (C=O) groups excluding carboxylic acids is 5. The fourth-order valence-electron chi connectivity index (χ4n) is 6.49. The van der Waals surface area contributed by atoms with Gasteiger partial charge in [-0.2, -0.15) is 0 Å². The van der Waals surface area contributed by atoms with Crippen LogP contribution >= 0.6 is 11.6 Å². The number of aromatic nitrogens is 1. The van der Waals surface area contributed by atoms with Crippen molar-refractivity contribution in [2.75, 3.05) is 6.54 Å². The molecule has 326 valence electrons. The number of H-pyrrole nitrogens is 1. The maximum atomic E-state index is 14.7. The Balaban J connectivity index is 1.43. The standard InChI is InChI=1S/C42H41ClF5N9O5/c43-24-14-12-22(13-15-24)18-30(57-41(62)31-32(44)34(46)36(48)35(47)33(31)45)40(61)56-29(17-21-7-2-1-3-8-21)39(60)54-27(11-6-16-52-42(50)51)38(59)55-28(37(49)58)19-23-20-53-26-10-5-4-9-25(23)26/h1-5,7-10,12-15,20,27-30,53H,6,11,16-19H2,(H2,49,58)(H,54,60)(H,55,59)(H,56,61)(H,57,62)(H4,50,51,52)/t27-,28-,29-,30-/m0/s1. The Kier molecular flexibility index (Phi) is 15.6. The van der Waals surface area contributed by atoms with Crippen molar-refractivity contribution >= 4 is 58.0 Å². The van der Waals surface area contributed by atoms with Gasteiger partial charge in [0.2, 0.25) is 29.4 Å². The molecule has 0 saturated carbocycles. The summed E-state index contributed by atoms with van der Waals surface area (Å²) in [6.45, 7) is 0.0376. The molecule has 14 nitrogen and oxygen atoms in total. The van der Waals surface area contributed by atoms with Crippen LogP contribution < -0.4 is 38.5 Å². The molecule has 0 aliphatic rings. The summed E-state index contributed by atoms with van der Waals surface area (Å²) < 4.78 is 71.5. The molecule has 0 radical (unpaired) electrons. The van der Waals surface area contributed by atoms with Crippen LogP contribution in [0, 0.1) is 29.1 Å². The minimum absolute atomic E-state index is 0.0157. The maximum Gasteiger partial charge on any atom is 0.258 e. The number of fused-ring (bicyclic) bond motifs is 1. The number of guanidine groups is 1. The van der Waals surface area contributed by atoms with E-state index in [1.165, 1.54) is 24.3 Å². The summed E-state index contributed by atoms with van der Waals surface area (Å²) >= 11 is 6.00. The highest BCUT2D eigenvalue weighted by Crippen LogP contribution is 2.24. The first-order valence-corrected chi connectivity index (χ1v) is 19.3. The van der Waals surface area contributed by atoms with Gasteiger partial charge < -0.3 is 43.5 Å². The number of hydrogen-bond donors (Lipinski definition) is 8. The third-order valence-electron chi connectivity index (χ3n) is 9.66. The van der Waals surface area contributed by atoms with Crippen molar-refractivity contribution in [1.29, 1.82) is 0 Å². The first-order valence-electron chi connectivity index (χ1n) is 19.0. The largest absolute Gasteiger partial charge is 0.370 e. The Bertz CT molecular complexity index is 2440. The van der Waals surface area contributed by atoms with E-state index in [0.717, 1.165) is 10.9 Å². The second-order valence-corrected chi connectivity index (χ2v) is 14.5. The van der Waals surface area contributed by atoms with E-state index in [4.69, 9.17) is 28.8 Å². The van der Waals surface area contributed by atoms with Crippen molar-refractivity contribution in [3.8, 4) is 0 Å². The summed E-state index contributed by atoms with van der Waals surface area (Å²) in [7, 11) is 0. The van der Waals surface area contributed by atoms with Crippen LogP contribution in [0.2, 0.25) is 5.02 Å². The molecular weight excluding hydrogens is 841 g/mol. The molecule has 0 spiro atoms. The summed E-state index contributed by atoms with van der Waals surface area (Å²) in [6.07, 6.45) is 1.07. The molecular formula is C42H41ClF5N9O5. The highest BCUT2D eigenvalue weighted by Gasteiger charge is 2.34. The maximum absolute atomic E-state index is 14.7. The molecule has 0 fully saturated rings. The number of nitrogens with two attached hydrogens (primary N) is 3. The second-order valence-electron chi connectivity index (χ2n) is 14.1. The van der Waals surface area contributed by atoms with Gasteiger partial charge in [0, 0.05) is 47.9 Å². The van der Waals surface area contributed by atoms with Crippen LogP contribution in [0.1, 0.15) is 39.9 Å². The smallest absolute Gasteiger partial charge is 0.258 e. The third-order valence-corrected chi connectivity index (χ3v) is 9.92. The molecule has 1 heterocycles. The van der Waals surface area contributed by atoms with Gasteiger partial charge >= 0.3 is 0 Å². The van der Waals surface area contributed by atoms with E-state index in [-0.39, 0.29) is 43.2 Å². The van der Waals surface area contributed by atoms with Crippen LogP contribution in [0.5, 0.6) is 0 Å². The minimum atomic E-state index is -2.50. The normalized spacial score (nSPS) is 13.0. The zero-order chi connectivity index (χ0) is 45.1. The number of nitrogens with one attached hydrogen (secondary N) is 5. The van der Waals surface area contributed by atoms with E-state index in [2.05, 4.69) is 25.9 Å². The predicted octanol–water partition coefficient (Wildman–Crippen LogP) is 3.34. The van der Waals surface area contributed by atoms with Gasteiger partial charge in [0.1, 0.15) is 29.7 Å². The van der Waals surface area contributed by atoms with Crippen molar-refractivity contribution < 1.29 is 45.9 Å². The Labute approximate surface area is 355 Å². The number of primary amides is 1. The third kappa shape index (κ3) is 11.8. The Hall–Kier alpha value is -7.02. The first-order chi connectivity index (χ1) is 29.5. The number of benzene rings is 4. The number of aromatic amines is 1. The molecule has 0 aliphatic carbocycles. The van der Waals surface area contributed by atoms with Gasteiger partial charge in [0.15, 0.2) is 29.2 Å². The number of hydrogen-bond acceptors (Lipinski definition) is 6. The fourth-order valence-corrected chi connectivity index (χ4v) is 6.62. The van der Waals surface area contributed by atoms with E-state index in [0.29, 0.717) is 16.7 Å². The number of para-hydroxylation sites is 1. The number of halogens is 6. The summed E-state index contributed by atoms with van der Waals surface area (Å²) in [5.41, 5.74) is 17.1. The molecule has 5 amide bonds.